The van der Waals surface area contributed by atoms with Gasteiger partial charge in [-0.3, -0.25) is 4.79 Å². The molecule has 0 saturated carbocycles. The Balaban J connectivity index is 1.90. The second kappa shape index (κ2) is 5.17. The predicted octanol–water partition coefficient (Wildman–Crippen LogP) is 5.86. The molecule has 0 spiro atoms. The van der Waals surface area contributed by atoms with Gasteiger partial charge in [0, 0.05) is 16.7 Å². The summed E-state index contributed by atoms with van der Waals surface area (Å²) in [5, 5.41) is 0. The maximum Gasteiger partial charge on any atom is 0.194 e. The second-order valence-corrected chi connectivity index (χ2v) is 7.43. The fourth-order valence-electron chi connectivity index (χ4n) is 3.47. The average molecular weight is 312 g/mol. The summed E-state index contributed by atoms with van der Waals surface area (Å²) in [6, 6.07) is 22.6. The third kappa shape index (κ3) is 2.20. The molecule has 0 atom stereocenters. The summed E-state index contributed by atoms with van der Waals surface area (Å²) in [4.78, 5) is 12.7. The van der Waals surface area contributed by atoms with Gasteiger partial charge in [-0.25, -0.2) is 0 Å². The highest BCUT2D eigenvalue weighted by atomic mass is 16.1. The van der Waals surface area contributed by atoms with Crippen LogP contribution in [0.3, 0.4) is 0 Å². The molecular weight excluding hydrogens is 292 g/mol. The topological polar surface area (TPSA) is 17.1 Å². The summed E-state index contributed by atoms with van der Waals surface area (Å²) in [6.45, 7) is 6.66. The molecule has 3 aromatic rings. The van der Waals surface area contributed by atoms with Crippen molar-refractivity contribution >= 4 is 5.78 Å². The Morgan fingerprint density at radius 3 is 1.88 bits per heavy atom. The van der Waals surface area contributed by atoms with Crippen LogP contribution in [-0.4, -0.2) is 5.78 Å². The van der Waals surface area contributed by atoms with Crippen molar-refractivity contribution in [1.29, 1.82) is 0 Å². The lowest BCUT2D eigenvalue weighted by molar-refractivity contribution is 0.104. The molecule has 4 rings (SSSR count). The van der Waals surface area contributed by atoms with E-state index in [2.05, 4.69) is 51.1 Å². The summed E-state index contributed by atoms with van der Waals surface area (Å²) >= 11 is 0. The lowest BCUT2D eigenvalue weighted by Gasteiger charge is -2.19. The van der Waals surface area contributed by atoms with Gasteiger partial charge in [0.25, 0.3) is 0 Å². The summed E-state index contributed by atoms with van der Waals surface area (Å²) < 4.78 is 0. The molecule has 1 nitrogen and oxygen atoms in total. The van der Waals surface area contributed by atoms with Crippen LogP contribution in [0.15, 0.2) is 66.7 Å². The molecule has 0 fully saturated rings. The Labute approximate surface area is 143 Å². The third-order valence-corrected chi connectivity index (χ3v) is 4.81. The number of fused-ring (bicyclic) bond motifs is 3. The number of hydrogen-bond acceptors (Lipinski definition) is 1. The van der Waals surface area contributed by atoms with Gasteiger partial charge >= 0.3 is 0 Å². The summed E-state index contributed by atoms with van der Waals surface area (Å²) in [6.07, 6.45) is 0. The van der Waals surface area contributed by atoms with Gasteiger partial charge in [-0.1, -0.05) is 87.5 Å². The van der Waals surface area contributed by atoms with Crippen LogP contribution in [0.25, 0.3) is 22.3 Å². The average Bonchev–Trinajstić information content (AvgIpc) is 2.88. The number of benzene rings is 3. The molecule has 118 valence electrons. The molecule has 0 unspecified atom stereocenters. The van der Waals surface area contributed by atoms with Crippen LogP contribution in [0, 0.1) is 0 Å². The van der Waals surface area contributed by atoms with Gasteiger partial charge in [0.1, 0.15) is 0 Å². The van der Waals surface area contributed by atoms with Crippen LogP contribution >= 0.6 is 0 Å². The minimum Gasteiger partial charge on any atom is -0.289 e. The summed E-state index contributed by atoms with van der Waals surface area (Å²) in [5.74, 6) is 0.133. The normalized spacial score (nSPS) is 12.9. The van der Waals surface area contributed by atoms with Crippen LogP contribution in [0.4, 0.5) is 0 Å². The van der Waals surface area contributed by atoms with Gasteiger partial charge in [-0.2, -0.15) is 0 Å². The van der Waals surface area contributed by atoms with E-state index in [1.165, 1.54) is 5.56 Å². The minimum atomic E-state index is 0.133. The predicted molar refractivity (Wildman–Crippen MR) is 99.4 cm³/mol. The number of hydrogen-bond donors (Lipinski definition) is 0. The van der Waals surface area contributed by atoms with Crippen LogP contribution in [0.2, 0.25) is 0 Å². The van der Waals surface area contributed by atoms with Crippen molar-refractivity contribution in [3.05, 3.63) is 83.4 Å². The minimum absolute atomic E-state index is 0.133. The Morgan fingerprint density at radius 2 is 1.21 bits per heavy atom. The van der Waals surface area contributed by atoms with Gasteiger partial charge in [0.15, 0.2) is 5.78 Å². The highest BCUT2D eigenvalue weighted by Crippen LogP contribution is 2.42. The maximum absolute atomic E-state index is 12.7. The number of rotatable bonds is 1. The quantitative estimate of drug-likeness (QED) is 0.430. The van der Waals surface area contributed by atoms with Crippen LogP contribution in [0.5, 0.6) is 0 Å². The molecule has 3 aromatic carbocycles. The van der Waals surface area contributed by atoms with Gasteiger partial charge in [0.2, 0.25) is 0 Å². The molecule has 0 aliphatic heterocycles. The largest absolute Gasteiger partial charge is 0.289 e. The lowest BCUT2D eigenvalue weighted by atomic mass is 9.85. The van der Waals surface area contributed by atoms with Crippen molar-refractivity contribution < 1.29 is 4.79 Å². The van der Waals surface area contributed by atoms with E-state index in [4.69, 9.17) is 0 Å². The summed E-state index contributed by atoms with van der Waals surface area (Å²) in [5.41, 5.74) is 7.49. The Kier molecular flexibility index (Phi) is 3.21. The van der Waals surface area contributed by atoms with Crippen molar-refractivity contribution in [2.45, 2.75) is 26.2 Å². The third-order valence-electron chi connectivity index (χ3n) is 4.81. The van der Waals surface area contributed by atoms with Gasteiger partial charge in [-0.15, -0.1) is 0 Å². The van der Waals surface area contributed by atoms with Crippen molar-refractivity contribution in [3.63, 3.8) is 0 Å². The first-order valence-corrected chi connectivity index (χ1v) is 8.35. The zero-order valence-electron chi connectivity index (χ0n) is 14.3. The lowest BCUT2D eigenvalue weighted by Crippen LogP contribution is -2.10. The monoisotopic (exact) mass is 312 g/mol. The number of carbonyl (C=O) groups excluding carboxylic acids is 1. The first-order chi connectivity index (χ1) is 11.5. The molecule has 0 aromatic heterocycles. The molecule has 0 N–H and O–H groups in total. The highest BCUT2D eigenvalue weighted by Gasteiger charge is 2.28. The molecule has 0 saturated heterocycles. The Morgan fingerprint density at radius 1 is 0.625 bits per heavy atom. The van der Waals surface area contributed by atoms with E-state index in [9.17, 15) is 4.79 Å². The zero-order valence-corrected chi connectivity index (χ0v) is 14.3. The maximum atomic E-state index is 12.7. The van der Waals surface area contributed by atoms with Crippen LogP contribution in [-0.2, 0) is 5.41 Å². The molecule has 0 radical (unpaired) electrons. The molecule has 0 bridgehead atoms. The first-order valence-electron chi connectivity index (χ1n) is 8.35. The molecule has 0 heterocycles. The van der Waals surface area contributed by atoms with Gasteiger partial charge < -0.3 is 0 Å². The van der Waals surface area contributed by atoms with Crippen molar-refractivity contribution in [2.75, 3.05) is 0 Å². The molecule has 24 heavy (non-hydrogen) atoms. The second-order valence-electron chi connectivity index (χ2n) is 7.43. The standard InChI is InChI=1S/C23H20O/c1-23(2,3)16-13-11-15(12-14-16)17-9-6-10-20-21(17)18-7-4-5-8-19(18)22(20)24/h4-14H,1-3H3. The fourth-order valence-corrected chi connectivity index (χ4v) is 3.47. The van der Waals surface area contributed by atoms with E-state index >= 15 is 0 Å². The highest BCUT2D eigenvalue weighted by molar-refractivity contribution is 6.23. The van der Waals surface area contributed by atoms with Crippen molar-refractivity contribution in [3.8, 4) is 22.3 Å². The number of ketones is 1. The first kappa shape index (κ1) is 14.9. The summed E-state index contributed by atoms with van der Waals surface area (Å²) in [7, 11) is 0. The fraction of sp³-hybridized carbons (Fsp3) is 0.174. The van der Waals surface area contributed by atoms with E-state index in [0.717, 1.165) is 33.4 Å². The molecule has 1 aliphatic rings. The van der Waals surface area contributed by atoms with E-state index < -0.39 is 0 Å². The Hall–Kier alpha value is -2.67. The van der Waals surface area contributed by atoms with E-state index in [-0.39, 0.29) is 11.2 Å². The van der Waals surface area contributed by atoms with Gasteiger partial charge in [0.05, 0.1) is 0 Å². The van der Waals surface area contributed by atoms with E-state index in [0.29, 0.717) is 0 Å². The molecule has 1 heteroatoms. The zero-order chi connectivity index (χ0) is 16.9. The molecular formula is C23H20O. The SMILES string of the molecule is CC(C)(C)c1ccc(-c2cccc3c2-c2ccccc2C3=O)cc1. The van der Waals surface area contributed by atoms with Gasteiger partial charge in [-0.05, 0) is 27.7 Å². The molecule has 0 amide bonds. The van der Waals surface area contributed by atoms with Crippen LogP contribution in [0.1, 0.15) is 42.3 Å². The van der Waals surface area contributed by atoms with Crippen molar-refractivity contribution in [1.82, 2.24) is 0 Å². The van der Waals surface area contributed by atoms with Crippen molar-refractivity contribution in [2.24, 2.45) is 0 Å². The Bertz CT molecular complexity index is 941. The smallest absolute Gasteiger partial charge is 0.194 e. The van der Waals surface area contributed by atoms with Crippen LogP contribution < -0.4 is 0 Å². The number of carbonyl (C=O) groups is 1. The van der Waals surface area contributed by atoms with E-state index in [1.807, 2.05) is 36.4 Å². The molecule has 1 aliphatic carbocycles. The van der Waals surface area contributed by atoms with E-state index in [1.54, 1.807) is 0 Å².